The van der Waals surface area contributed by atoms with Crippen LogP contribution in [0.3, 0.4) is 0 Å². The zero-order chi connectivity index (χ0) is 29.3. The molecule has 0 saturated carbocycles. The second-order valence-electron chi connectivity index (χ2n) is 9.41. The van der Waals surface area contributed by atoms with E-state index in [-0.39, 0.29) is 29.1 Å². The minimum absolute atomic E-state index is 0.0680. The van der Waals surface area contributed by atoms with Crippen molar-refractivity contribution >= 4 is 27.5 Å². The van der Waals surface area contributed by atoms with Crippen LogP contribution in [0.5, 0.6) is 5.75 Å². The van der Waals surface area contributed by atoms with Crippen molar-refractivity contribution in [3.05, 3.63) is 90.2 Å². The van der Waals surface area contributed by atoms with Crippen LogP contribution in [-0.4, -0.2) is 50.9 Å². The third-order valence-electron chi connectivity index (χ3n) is 6.62. The van der Waals surface area contributed by atoms with Crippen molar-refractivity contribution < 1.29 is 27.1 Å². The lowest BCUT2D eigenvalue weighted by Gasteiger charge is -2.33. The Morgan fingerprint density at radius 2 is 1.55 bits per heavy atom. The van der Waals surface area contributed by atoms with Gasteiger partial charge in [-0.05, 0) is 73.9 Å². The number of carbonyl (C=O) groups is 2. The average molecular weight is 570 g/mol. The highest BCUT2D eigenvalue weighted by Gasteiger charge is 2.34. The first-order valence-corrected chi connectivity index (χ1v) is 14.6. The van der Waals surface area contributed by atoms with E-state index in [4.69, 9.17) is 4.74 Å². The van der Waals surface area contributed by atoms with Crippen molar-refractivity contribution in [3.8, 4) is 5.75 Å². The van der Waals surface area contributed by atoms with E-state index in [1.807, 2.05) is 44.2 Å². The number of hydrogen-bond donors (Lipinski definition) is 1. The van der Waals surface area contributed by atoms with E-state index in [1.165, 1.54) is 48.4 Å². The van der Waals surface area contributed by atoms with E-state index in [0.717, 1.165) is 22.0 Å². The molecule has 0 heterocycles. The van der Waals surface area contributed by atoms with E-state index in [1.54, 1.807) is 6.92 Å². The van der Waals surface area contributed by atoms with Crippen LogP contribution in [-0.2, 0) is 26.2 Å². The van der Waals surface area contributed by atoms with Gasteiger partial charge in [0, 0.05) is 12.6 Å². The van der Waals surface area contributed by atoms with E-state index in [2.05, 4.69) is 5.32 Å². The highest BCUT2D eigenvalue weighted by Crippen LogP contribution is 2.26. The van der Waals surface area contributed by atoms with Crippen LogP contribution in [0.25, 0.3) is 0 Å². The molecule has 8 nitrogen and oxygen atoms in total. The van der Waals surface area contributed by atoms with Crippen molar-refractivity contribution in [2.45, 2.75) is 57.1 Å². The van der Waals surface area contributed by atoms with Gasteiger partial charge in [0.25, 0.3) is 10.0 Å². The lowest BCUT2D eigenvalue weighted by atomic mass is 10.1. The van der Waals surface area contributed by atoms with Gasteiger partial charge < -0.3 is 15.0 Å². The van der Waals surface area contributed by atoms with Gasteiger partial charge in [-0.15, -0.1) is 0 Å². The van der Waals surface area contributed by atoms with Gasteiger partial charge in [-0.3, -0.25) is 13.9 Å². The molecule has 0 saturated heterocycles. The molecule has 0 aromatic heterocycles. The van der Waals surface area contributed by atoms with Gasteiger partial charge in [-0.2, -0.15) is 0 Å². The molecule has 214 valence electrons. The summed E-state index contributed by atoms with van der Waals surface area (Å²) in [6.45, 7) is 5.14. The highest BCUT2D eigenvalue weighted by atomic mass is 32.2. The molecule has 0 bridgehead atoms. The smallest absolute Gasteiger partial charge is 0.264 e. The molecule has 3 rings (SSSR count). The molecule has 3 aromatic rings. The van der Waals surface area contributed by atoms with Crippen LogP contribution in [0.15, 0.2) is 83.8 Å². The van der Waals surface area contributed by atoms with Crippen LogP contribution in [0.2, 0.25) is 0 Å². The Kier molecular flexibility index (Phi) is 10.7. The third kappa shape index (κ3) is 7.59. The van der Waals surface area contributed by atoms with Gasteiger partial charge in [-0.1, -0.05) is 44.2 Å². The number of anilines is 1. The van der Waals surface area contributed by atoms with E-state index in [0.29, 0.717) is 18.6 Å². The minimum Gasteiger partial charge on any atom is -0.497 e. The van der Waals surface area contributed by atoms with Crippen LogP contribution in [0.1, 0.15) is 39.2 Å². The maximum absolute atomic E-state index is 14.0. The first kappa shape index (κ1) is 30.6. The number of methoxy groups -OCH3 is 1. The molecular weight excluding hydrogens is 533 g/mol. The third-order valence-corrected chi connectivity index (χ3v) is 8.41. The number of carbonyl (C=O) groups excluding carboxylic acids is 2. The summed E-state index contributed by atoms with van der Waals surface area (Å²) in [6, 6.07) is 18.9. The molecule has 0 unspecified atom stereocenters. The van der Waals surface area contributed by atoms with E-state index in [9.17, 15) is 22.4 Å². The Labute approximate surface area is 235 Å². The number of hydrogen-bond acceptors (Lipinski definition) is 5. The molecule has 1 N–H and O–H groups in total. The summed E-state index contributed by atoms with van der Waals surface area (Å²) in [6.07, 6.45) is 1.04. The van der Waals surface area contributed by atoms with Crippen molar-refractivity contribution in [2.24, 2.45) is 0 Å². The predicted octanol–water partition coefficient (Wildman–Crippen LogP) is 4.75. The Balaban J connectivity index is 2.04. The van der Waals surface area contributed by atoms with E-state index < -0.39 is 34.3 Å². The van der Waals surface area contributed by atoms with E-state index >= 15 is 0 Å². The topological polar surface area (TPSA) is 96.0 Å². The van der Waals surface area contributed by atoms with Gasteiger partial charge in [0.15, 0.2) is 0 Å². The Hall–Kier alpha value is -3.92. The molecule has 3 aromatic carbocycles. The maximum Gasteiger partial charge on any atom is 0.264 e. The molecule has 2 atom stereocenters. The number of halogens is 1. The number of rotatable bonds is 13. The molecule has 10 heteroatoms. The van der Waals surface area contributed by atoms with Crippen molar-refractivity contribution in [1.29, 1.82) is 0 Å². The molecule has 0 fully saturated rings. The molecule has 40 heavy (non-hydrogen) atoms. The summed E-state index contributed by atoms with van der Waals surface area (Å²) in [5.41, 5.74) is 0.902. The van der Waals surface area contributed by atoms with Crippen molar-refractivity contribution in [1.82, 2.24) is 10.2 Å². The number of ether oxygens (including phenoxy) is 1. The fourth-order valence-electron chi connectivity index (χ4n) is 4.15. The second kappa shape index (κ2) is 13.9. The number of benzene rings is 3. The number of nitrogens with zero attached hydrogens (tertiary/aromatic N) is 2. The lowest BCUT2D eigenvalue weighted by Crippen LogP contribution is -2.53. The normalized spacial score (nSPS) is 12.7. The Bertz CT molecular complexity index is 1370. The molecule has 0 aliphatic carbocycles. The summed E-state index contributed by atoms with van der Waals surface area (Å²) < 4.78 is 47.5. The summed E-state index contributed by atoms with van der Waals surface area (Å²) >= 11 is 0. The summed E-state index contributed by atoms with van der Waals surface area (Å²) in [7, 11) is -2.79. The largest absolute Gasteiger partial charge is 0.497 e. The van der Waals surface area contributed by atoms with Crippen LogP contribution in [0, 0.1) is 5.82 Å². The molecule has 0 aliphatic rings. The molecule has 0 radical (unpaired) electrons. The number of sulfonamides is 1. The second-order valence-corrected chi connectivity index (χ2v) is 11.3. The van der Waals surface area contributed by atoms with Crippen molar-refractivity contribution in [2.75, 3.05) is 18.0 Å². The number of nitrogens with one attached hydrogen (secondary N) is 1. The average Bonchev–Trinajstić information content (AvgIpc) is 2.96. The van der Waals surface area contributed by atoms with Crippen LogP contribution >= 0.6 is 0 Å². The number of amides is 2. The van der Waals surface area contributed by atoms with Gasteiger partial charge in [-0.25, -0.2) is 12.8 Å². The predicted molar refractivity (Wildman–Crippen MR) is 153 cm³/mol. The SMILES string of the molecule is CC[C@@H](C)NC(=O)[C@H](CC)N(Cc1ccccc1)C(=O)CN(c1ccc(F)cc1)S(=O)(=O)c1ccc(OC)cc1. The Morgan fingerprint density at radius 3 is 2.10 bits per heavy atom. The minimum atomic E-state index is -4.26. The fourth-order valence-corrected chi connectivity index (χ4v) is 5.57. The summed E-state index contributed by atoms with van der Waals surface area (Å²) in [5, 5.41) is 2.94. The summed E-state index contributed by atoms with van der Waals surface area (Å²) in [4.78, 5) is 28.6. The zero-order valence-corrected chi connectivity index (χ0v) is 24.0. The molecule has 0 aliphatic heterocycles. The first-order chi connectivity index (χ1) is 19.1. The van der Waals surface area contributed by atoms with Crippen LogP contribution in [0.4, 0.5) is 10.1 Å². The fraction of sp³-hybridized carbons (Fsp3) is 0.333. The Morgan fingerprint density at radius 1 is 0.925 bits per heavy atom. The molecular formula is C30H36FN3O5S. The monoisotopic (exact) mass is 569 g/mol. The van der Waals surface area contributed by atoms with Gasteiger partial charge >= 0.3 is 0 Å². The summed E-state index contributed by atoms with van der Waals surface area (Å²) in [5.74, 6) is -0.963. The van der Waals surface area contributed by atoms with Gasteiger partial charge in [0.1, 0.15) is 24.2 Å². The lowest BCUT2D eigenvalue weighted by molar-refractivity contribution is -0.140. The molecule has 2 amide bonds. The van der Waals surface area contributed by atoms with Gasteiger partial charge in [0.2, 0.25) is 11.8 Å². The zero-order valence-electron chi connectivity index (χ0n) is 23.2. The maximum atomic E-state index is 14.0. The van der Waals surface area contributed by atoms with Gasteiger partial charge in [0.05, 0.1) is 17.7 Å². The molecule has 0 spiro atoms. The van der Waals surface area contributed by atoms with Crippen LogP contribution < -0.4 is 14.4 Å². The standard InChI is InChI=1S/C30H36FN3O5S/c1-5-22(3)32-30(36)28(6-2)33(20-23-10-8-7-9-11-23)29(35)21-34(25-14-12-24(31)13-15-25)40(37,38)27-18-16-26(39-4)17-19-27/h7-19,22,28H,5-6,20-21H2,1-4H3,(H,32,36)/t22-,28+/m1/s1. The van der Waals surface area contributed by atoms with Crippen molar-refractivity contribution in [3.63, 3.8) is 0 Å². The highest BCUT2D eigenvalue weighted by molar-refractivity contribution is 7.92. The quantitative estimate of drug-likeness (QED) is 0.321. The first-order valence-electron chi connectivity index (χ1n) is 13.2.